The molecule has 0 aromatic carbocycles. The lowest BCUT2D eigenvalue weighted by Crippen LogP contribution is -2.43. The molecule has 1 saturated heterocycles. The van der Waals surface area contributed by atoms with Crippen molar-refractivity contribution in [2.45, 2.75) is 38.1 Å². The Labute approximate surface area is 98.2 Å². The molecule has 1 aliphatic heterocycles. The third-order valence-corrected chi connectivity index (χ3v) is 3.27. The van der Waals surface area contributed by atoms with Gasteiger partial charge in [-0.1, -0.05) is 6.42 Å². The maximum Gasteiger partial charge on any atom is 0.303 e. The predicted octanol–water partition coefficient (Wildman–Crippen LogP) is 1.27. The minimum Gasteiger partial charge on any atom is -0.481 e. The van der Waals surface area contributed by atoms with Gasteiger partial charge in [-0.25, -0.2) is 0 Å². The Morgan fingerprint density at radius 3 is 2.81 bits per heavy atom. The van der Waals surface area contributed by atoms with Gasteiger partial charge in [-0.15, -0.1) is 0 Å². The number of nitrogens with zero attached hydrogens (tertiary/aromatic N) is 2. The van der Waals surface area contributed by atoms with E-state index in [0.29, 0.717) is 12.5 Å². The van der Waals surface area contributed by atoms with Crippen LogP contribution in [0.25, 0.3) is 0 Å². The molecule has 1 unspecified atom stereocenters. The number of likely N-dealkylation sites (N-methyl/N-ethyl adjacent to an activating group) is 1. The second-order valence-corrected chi connectivity index (χ2v) is 4.92. The molecule has 1 heterocycles. The molecule has 1 rings (SSSR count). The van der Waals surface area contributed by atoms with Crippen molar-refractivity contribution in [1.82, 2.24) is 9.80 Å². The van der Waals surface area contributed by atoms with Gasteiger partial charge in [0.05, 0.1) is 0 Å². The minimum absolute atomic E-state index is 0.309. The van der Waals surface area contributed by atoms with E-state index >= 15 is 0 Å². The fourth-order valence-electron chi connectivity index (χ4n) is 2.30. The average Bonchev–Trinajstić information content (AvgIpc) is 2.24. The molecule has 0 aromatic rings. The van der Waals surface area contributed by atoms with E-state index in [1.54, 1.807) is 0 Å². The SMILES string of the molecule is CN(C)CCN1CCCCC1CCC(=O)O. The molecule has 16 heavy (non-hydrogen) atoms. The lowest BCUT2D eigenvalue weighted by Gasteiger charge is -2.36. The summed E-state index contributed by atoms with van der Waals surface area (Å²) >= 11 is 0. The summed E-state index contributed by atoms with van der Waals surface area (Å²) in [7, 11) is 4.16. The number of piperidine rings is 1. The van der Waals surface area contributed by atoms with E-state index in [0.717, 1.165) is 26.1 Å². The summed E-state index contributed by atoms with van der Waals surface area (Å²) in [5.41, 5.74) is 0. The zero-order chi connectivity index (χ0) is 12.0. The number of hydrogen-bond acceptors (Lipinski definition) is 3. The van der Waals surface area contributed by atoms with Crippen molar-refractivity contribution in [2.24, 2.45) is 0 Å². The fraction of sp³-hybridized carbons (Fsp3) is 0.917. The first-order valence-electron chi connectivity index (χ1n) is 6.20. The summed E-state index contributed by atoms with van der Waals surface area (Å²) in [5, 5.41) is 8.72. The molecule has 4 heteroatoms. The topological polar surface area (TPSA) is 43.8 Å². The van der Waals surface area contributed by atoms with Crippen molar-refractivity contribution in [2.75, 3.05) is 33.7 Å². The highest BCUT2D eigenvalue weighted by Gasteiger charge is 2.22. The third kappa shape index (κ3) is 4.94. The monoisotopic (exact) mass is 228 g/mol. The van der Waals surface area contributed by atoms with Crippen LogP contribution in [0.2, 0.25) is 0 Å². The second kappa shape index (κ2) is 6.86. The molecule has 0 radical (unpaired) electrons. The van der Waals surface area contributed by atoms with Crippen molar-refractivity contribution in [3.05, 3.63) is 0 Å². The van der Waals surface area contributed by atoms with E-state index in [2.05, 4.69) is 23.9 Å². The van der Waals surface area contributed by atoms with E-state index in [-0.39, 0.29) is 0 Å². The highest BCUT2D eigenvalue weighted by atomic mass is 16.4. The minimum atomic E-state index is -0.668. The van der Waals surface area contributed by atoms with Crippen molar-refractivity contribution in [1.29, 1.82) is 0 Å². The zero-order valence-corrected chi connectivity index (χ0v) is 10.5. The Morgan fingerprint density at radius 1 is 1.44 bits per heavy atom. The number of carboxylic acids is 1. The van der Waals surface area contributed by atoms with Crippen LogP contribution in [0.1, 0.15) is 32.1 Å². The summed E-state index contributed by atoms with van der Waals surface area (Å²) in [5.74, 6) is -0.668. The van der Waals surface area contributed by atoms with Crippen molar-refractivity contribution in [3.63, 3.8) is 0 Å². The molecule has 0 aliphatic carbocycles. The van der Waals surface area contributed by atoms with Crippen LogP contribution in [0, 0.1) is 0 Å². The molecular formula is C12H24N2O2. The van der Waals surface area contributed by atoms with Crippen LogP contribution in [-0.4, -0.2) is 60.6 Å². The number of likely N-dealkylation sites (tertiary alicyclic amines) is 1. The molecule has 1 atom stereocenters. The molecular weight excluding hydrogens is 204 g/mol. The normalized spacial score (nSPS) is 22.6. The number of carboxylic acid groups (broad SMARTS) is 1. The Bertz CT molecular complexity index is 219. The molecule has 1 aliphatic rings. The van der Waals surface area contributed by atoms with Gasteiger partial charge in [0.25, 0.3) is 0 Å². The highest BCUT2D eigenvalue weighted by Crippen LogP contribution is 2.20. The van der Waals surface area contributed by atoms with Gasteiger partial charge in [0.15, 0.2) is 0 Å². The van der Waals surface area contributed by atoms with E-state index in [1.165, 1.54) is 19.3 Å². The Kier molecular flexibility index (Phi) is 5.77. The second-order valence-electron chi connectivity index (χ2n) is 4.92. The summed E-state index contributed by atoms with van der Waals surface area (Å²) in [6, 6.07) is 0.491. The lowest BCUT2D eigenvalue weighted by atomic mass is 9.98. The lowest BCUT2D eigenvalue weighted by molar-refractivity contribution is -0.137. The van der Waals surface area contributed by atoms with Gasteiger partial charge in [0.2, 0.25) is 0 Å². The molecule has 0 spiro atoms. The Morgan fingerprint density at radius 2 is 2.19 bits per heavy atom. The average molecular weight is 228 g/mol. The molecule has 0 amide bonds. The first-order valence-corrected chi connectivity index (χ1v) is 6.20. The fourth-order valence-corrected chi connectivity index (χ4v) is 2.30. The van der Waals surface area contributed by atoms with Gasteiger partial charge in [0, 0.05) is 25.6 Å². The molecule has 0 bridgehead atoms. The molecule has 1 N–H and O–H groups in total. The van der Waals surface area contributed by atoms with Gasteiger partial charge in [-0.2, -0.15) is 0 Å². The standard InChI is InChI=1S/C12H24N2O2/c1-13(2)9-10-14-8-4-3-5-11(14)6-7-12(15)16/h11H,3-10H2,1-2H3,(H,15,16). The van der Waals surface area contributed by atoms with E-state index in [4.69, 9.17) is 5.11 Å². The quantitative estimate of drug-likeness (QED) is 0.743. The maximum atomic E-state index is 10.6. The molecule has 0 saturated carbocycles. The summed E-state index contributed by atoms with van der Waals surface area (Å²) < 4.78 is 0. The first kappa shape index (κ1) is 13.5. The first-order chi connectivity index (χ1) is 7.59. The maximum absolute atomic E-state index is 10.6. The number of aliphatic carboxylic acids is 1. The van der Waals surface area contributed by atoms with E-state index in [1.807, 2.05) is 0 Å². The summed E-state index contributed by atoms with van der Waals surface area (Å²) in [6.45, 7) is 3.26. The molecule has 4 nitrogen and oxygen atoms in total. The summed E-state index contributed by atoms with van der Waals surface area (Å²) in [6.07, 6.45) is 4.80. The predicted molar refractivity (Wildman–Crippen MR) is 64.6 cm³/mol. The van der Waals surface area contributed by atoms with Crippen molar-refractivity contribution in [3.8, 4) is 0 Å². The van der Waals surface area contributed by atoms with Gasteiger partial charge in [-0.3, -0.25) is 9.69 Å². The zero-order valence-electron chi connectivity index (χ0n) is 10.5. The number of carbonyl (C=O) groups is 1. The van der Waals surface area contributed by atoms with Gasteiger partial charge >= 0.3 is 5.97 Å². The smallest absolute Gasteiger partial charge is 0.303 e. The van der Waals surface area contributed by atoms with Gasteiger partial charge in [0.1, 0.15) is 0 Å². The third-order valence-electron chi connectivity index (χ3n) is 3.27. The van der Waals surface area contributed by atoms with Crippen LogP contribution in [0.4, 0.5) is 0 Å². The van der Waals surface area contributed by atoms with Crippen LogP contribution < -0.4 is 0 Å². The van der Waals surface area contributed by atoms with Crippen LogP contribution in [-0.2, 0) is 4.79 Å². The molecule has 1 fully saturated rings. The van der Waals surface area contributed by atoms with Gasteiger partial charge in [-0.05, 0) is 39.9 Å². The molecule has 94 valence electrons. The van der Waals surface area contributed by atoms with Crippen LogP contribution in [0.5, 0.6) is 0 Å². The van der Waals surface area contributed by atoms with Crippen molar-refractivity contribution >= 4 is 5.97 Å². The van der Waals surface area contributed by atoms with Crippen LogP contribution in [0.3, 0.4) is 0 Å². The molecule has 0 aromatic heterocycles. The van der Waals surface area contributed by atoms with Crippen molar-refractivity contribution < 1.29 is 9.90 Å². The van der Waals surface area contributed by atoms with Gasteiger partial charge < -0.3 is 10.0 Å². The van der Waals surface area contributed by atoms with Crippen LogP contribution >= 0.6 is 0 Å². The van der Waals surface area contributed by atoms with Crippen LogP contribution in [0.15, 0.2) is 0 Å². The Hall–Kier alpha value is -0.610. The van der Waals surface area contributed by atoms with E-state index < -0.39 is 5.97 Å². The number of rotatable bonds is 6. The number of hydrogen-bond donors (Lipinski definition) is 1. The summed E-state index contributed by atoms with van der Waals surface area (Å²) in [4.78, 5) is 15.2. The largest absolute Gasteiger partial charge is 0.481 e. The Balaban J connectivity index is 2.34. The highest BCUT2D eigenvalue weighted by molar-refractivity contribution is 5.66. The van der Waals surface area contributed by atoms with E-state index in [9.17, 15) is 4.79 Å².